The van der Waals surface area contributed by atoms with Gasteiger partial charge in [0.05, 0.1) is 11.6 Å². The monoisotopic (exact) mass is 265 g/mol. The molecule has 2 rings (SSSR count). The van der Waals surface area contributed by atoms with Crippen molar-refractivity contribution in [1.29, 1.82) is 0 Å². The zero-order chi connectivity index (χ0) is 13.8. The Labute approximate surface area is 110 Å². The molecule has 0 aliphatic carbocycles. The van der Waals surface area contributed by atoms with Crippen LogP contribution >= 0.6 is 0 Å². The van der Waals surface area contributed by atoms with E-state index in [9.17, 15) is 14.0 Å². The molecule has 1 fully saturated rings. The van der Waals surface area contributed by atoms with E-state index in [1.807, 2.05) is 0 Å². The van der Waals surface area contributed by atoms with Crippen molar-refractivity contribution in [3.63, 3.8) is 0 Å². The van der Waals surface area contributed by atoms with Crippen LogP contribution in [0, 0.1) is 11.7 Å². The molecule has 0 bridgehead atoms. The maximum Gasteiger partial charge on any atom is 0.228 e. The highest BCUT2D eigenvalue weighted by Gasteiger charge is 2.22. The number of benzene rings is 1. The molecule has 0 radical (unpaired) electrons. The van der Waals surface area contributed by atoms with Crippen molar-refractivity contribution in [3.05, 3.63) is 24.0 Å². The lowest BCUT2D eigenvalue weighted by molar-refractivity contribution is -0.119. The van der Waals surface area contributed by atoms with E-state index in [1.54, 1.807) is 0 Å². The SMILES string of the molecule is CC(=O)Nc1cc(NC(=O)C2CCNC2)ccc1F. The molecule has 1 aliphatic heterocycles. The van der Waals surface area contributed by atoms with Gasteiger partial charge in [-0.2, -0.15) is 0 Å². The average molecular weight is 265 g/mol. The van der Waals surface area contributed by atoms with E-state index in [0.717, 1.165) is 13.0 Å². The first-order valence-electron chi connectivity index (χ1n) is 6.15. The van der Waals surface area contributed by atoms with Crippen molar-refractivity contribution in [2.75, 3.05) is 23.7 Å². The van der Waals surface area contributed by atoms with Gasteiger partial charge in [0, 0.05) is 19.2 Å². The maximum absolute atomic E-state index is 13.4. The summed E-state index contributed by atoms with van der Waals surface area (Å²) in [5, 5.41) is 8.21. The summed E-state index contributed by atoms with van der Waals surface area (Å²) >= 11 is 0. The molecule has 19 heavy (non-hydrogen) atoms. The maximum atomic E-state index is 13.4. The first kappa shape index (κ1) is 13.5. The minimum atomic E-state index is -0.532. The van der Waals surface area contributed by atoms with Crippen molar-refractivity contribution in [2.24, 2.45) is 5.92 Å². The highest BCUT2D eigenvalue weighted by molar-refractivity contribution is 5.94. The Hall–Kier alpha value is -1.95. The van der Waals surface area contributed by atoms with Gasteiger partial charge in [0.2, 0.25) is 11.8 Å². The van der Waals surface area contributed by atoms with Gasteiger partial charge in [-0.25, -0.2) is 4.39 Å². The molecule has 6 heteroatoms. The van der Waals surface area contributed by atoms with Crippen molar-refractivity contribution >= 4 is 23.2 Å². The highest BCUT2D eigenvalue weighted by Crippen LogP contribution is 2.20. The zero-order valence-electron chi connectivity index (χ0n) is 10.6. The first-order valence-corrected chi connectivity index (χ1v) is 6.15. The second-order valence-electron chi connectivity index (χ2n) is 4.55. The molecule has 1 heterocycles. The molecule has 0 aromatic heterocycles. The summed E-state index contributed by atoms with van der Waals surface area (Å²) in [7, 11) is 0. The zero-order valence-corrected chi connectivity index (χ0v) is 10.6. The van der Waals surface area contributed by atoms with E-state index in [1.165, 1.54) is 25.1 Å². The second-order valence-corrected chi connectivity index (χ2v) is 4.55. The number of carbonyl (C=O) groups excluding carboxylic acids is 2. The number of rotatable bonds is 3. The van der Waals surface area contributed by atoms with E-state index >= 15 is 0 Å². The van der Waals surface area contributed by atoms with Crippen LogP contribution in [-0.4, -0.2) is 24.9 Å². The standard InChI is InChI=1S/C13H16FN3O2/c1-8(18)16-12-6-10(2-3-11(12)14)17-13(19)9-4-5-15-7-9/h2-3,6,9,15H,4-5,7H2,1H3,(H,16,18)(H,17,19). The van der Waals surface area contributed by atoms with Crippen molar-refractivity contribution in [3.8, 4) is 0 Å². The predicted octanol–water partition coefficient (Wildman–Crippen LogP) is 1.33. The van der Waals surface area contributed by atoms with Gasteiger partial charge >= 0.3 is 0 Å². The molecule has 1 aromatic carbocycles. The van der Waals surface area contributed by atoms with Gasteiger partial charge in [-0.1, -0.05) is 0 Å². The van der Waals surface area contributed by atoms with E-state index in [0.29, 0.717) is 12.2 Å². The summed E-state index contributed by atoms with van der Waals surface area (Å²) in [5.41, 5.74) is 0.539. The molecular formula is C13H16FN3O2. The van der Waals surface area contributed by atoms with Crippen molar-refractivity contribution in [2.45, 2.75) is 13.3 Å². The van der Waals surface area contributed by atoms with Crippen LogP contribution < -0.4 is 16.0 Å². The van der Waals surface area contributed by atoms with Gasteiger partial charge in [0.1, 0.15) is 5.82 Å². The first-order chi connectivity index (χ1) is 9.06. The van der Waals surface area contributed by atoms with Crippen LogP contribution in [0.25, 0.3) is 0 Å². The third-order valence-electron chi connectivity index (χ3n) is 2.98. The summed E-state index contributed by atoms with van der Waals surface area (Å²) in [5.74, 6) is -1.04. The molecule has 3 N–H and O–H groups in total. The lowest BCUT2D eigenvalue weighted by Crippen LogP contribution is -2.24. The van der Waals surface area contributed by atoms with Crippen LogP contribution in [0.2, 0.25) is 0 Å². The molecule has 2 amide bonds. The topological polar surface area (TPSA) is 70.2 Å². The fourth-order valence-corrected chi connectivity index (χ4v) is 2.01. The fourth-order valence-electron chi connectivity index (χ4n) is 2.01. The number of amides is 2. The second kappa shape index (κ2) is 5.79. The Balaban J connectivity index is 2.07. The Morgan fingerprint density at radius 1 is 1.37 bits per heavy atom. The minimum Gasteiger partial charge on any atom is -0.326 e. The smallest absolute Gasteiger partial charge is 0.228 e. The Morgan fingerprint density at radius 2 is 2.16 bits per heavy atom. The molecule has 0 saturated carbocycles. The number of carbonyl (C=O) groups is 2. The largest absolute Gasteiger partial charge is 0.326 e. The van der Waals surface area contributed by atoms with Crippen molar-refractivity contribution in [1.82, 2.24) is 5.32 Å². The van der Waals surface area contributed by atoms with Crippen LogP contribution in [0.15, 0.2) is 18.2 Å². The van der Waals surface area contributed by atoms with E-state index in [2.05, 4.69) is 16.0 Å². The van der Waals surface area contributed by atoms with Crippen LogP contribution in [0.3, 0.4) is 0 Å². The Bertz CT molecular complexity index is 499. The summed E-state index contributed by atoms with van der Waals surface area (Å²) in [6, 6.07) is 4.10. The minimum absolute atomic E-state index is 0.0609. The van der Waals surface area contributed by atoms with E-state index in [-0.39, 0.29) is 23.4 Å². The molecule has 0 spiro atoms. The van der Waals surface area contributed by atoms with Crippen LogP contribution in [-0.2, 0) is 9.59 Å². The van der Waals surface area contributed by atoms with E-state index < -0.39 is 5.82 Å². The summed E-state index contributed by atoms with van der Waals surface area (Å²) in [4.78, 5) is 22.8. The number of hydrogen-bond donors (Lipinski definition) is 3. The molecule has 1 unspecified atom stereocenters. The lowest BCUT2D eigenvalue weighted by Gasteiger charge is -2.11. The van der Waals surface area contributed by atoms with Crippen molar-refractivity contribution < 1.29 is 14.0 Å². The third-order valence-corrected chi connectivity index (χ3v) is 2.98. The quantitative estimate of drug-likeness (QED) is 0.772. The predicted molar refractivity (Wildman–Crippen MR) is 70.3 cm³/mol. The van der Waals surface area contributed by atoms with Crippen LogP contribution in [0.1, 0.15) is 13.3 Å². The molecule has 1 atom stereocenters. The molecule has 1 aromatic rings. The fraction of sp³-hybridized carbons (Fsp3) is 0.385. The van der Waals surface area contributed by atoms with Gasteiger partial charge in [-0.15, -0.1) is 0 Å². The average Bonchev–Trinajstić information content (AvgIpc) is 2.86. The van der Waals surface area contributed by atoms with Gasteiger partial charge in [-0.05, 0) is 31.2 Å². The summed E-state index contributed by atoms with van der Waals surface area (Å²) in [6.07, 6.45) is 0.797. The summed E-state index contributed by atoms with van der Waals surface area (Å²) < 4.78 is 13.4. The van der Waals surface area contributed by atoms with Crippen LogP contribution in [0.4, 0.5) is 15.8 Å². The lowest BCUT2D eigenvalue weighted by atomic mass is 10.1. The highest BCUT2D eigenvalue weighted by atomic mass is 19.1. The number of halogens is 1. The molecule has 102 valence electrons. The Kier molecular flexibility index (Phi) is 4.11. The molecule has 1 saturated heterocycles. The molecular weight excluding hydrogens is 249 g/mol. The molecule has 1 aliphatic rings. The number of hydrogen-bond acceptors (Lipinski definition) is 3. The van der Waals surface area contributed by atoms with Crippen LogP contribution in [0.5, 0.6) is 0 Å². The third kappa shape index (κ3) is 3.51. The van der Waals surface area contributed by atoms with E-state index in [4.69, 9.17) is 0 Å². The summed E-state index contributed by atoms with van der Waals surface area (Å²) in [6.45, 7) is 2.79. The Morgan fingerprint density at radius 3 is 2.79 bits per heavy atom. The molecule has 5 nitrogen and oxygen atoms in total. The van der Waals surface area contributed by atoms with Gasteiger partial charge in [-0.3, -0.25) is 9.59 Å². The number of anilines is 2. The normalized spacial score (nSPS) is 18.1. The van der Waals surface area contributed by atoms with Gasteiger partial charge in [0.25, 0.3) is 0 Å². The number of nitrogens with one attached hydrogen (secondary N) is 3. The van der Waals surface area contributed by atoms with Gasteiger partial charge in [0.15, 0.2) is 0 Å². The van der Waals surface area contributed by atoms with Gasteiger partial charge < -0.3 is 16.0 Å².